The molecule has 0 unspecified atom stereocenters. The molecule has 2 aromatic carbocycles. The number of hydrogen-bond donors (Lipinski definition) is 1. The number of aromatic nitrogens is 2. The maximum atomic E-state index is 12.9. The maximum absolute atomic E-state index is 12.9. The van der Waals surface area contributed by atoms with Gasteiger partial charge in [-0.2, -0.15) is 13.2 Å². The van der Waals surface area contributed by atoms with Gasteiger partial charge in [-0.1, -0.05) is 24.3 Å². The van der Waals surface area contributed by atoms with E-state index in [2.05, 4.69) is 10.2 Å². The minimum atomic E-state index is -4.40. The van der Waals surface area contributed by atoms with Gasteiger partial charge in [0.15, 0.2) is 0 Å². The third kappa shape index (κ3) is 5.10. The van der Waals surface area contributed by atoms with Gasteiger partial charge < -0.3 is 10.2 Å². The van der Waals surface area contributed by atoms with Gasteiger partial charge in [-0.15, -0.1) is 0 Å². The Morgan fingerprint density at radius 2 is 1.82 bits per heavy atom. The van der Waals surface area contributed by atoms with E-state index < -0.39 is 11.7 Å². The average Bonchev–Trinajstić information content (AvgIpc) is 3.70. The molecular weight excluding hydrogens is 429 g/mol. The van der Waals surface area contributed by atoms with Crippen LogP contribution in [0, 0.1) is 0 Å². The third-order valence-electron chi connectivity index (χ3n) is 6.13. The van der Waals surface area contributed by atoms with Gasteiger partial charge in [0.05, 0.1) is 11.1 Å². The lowest BCUT2D eigenvalue weighted by molar-refractivity contribution is -0.137. The maximum Gasteiger partial charge on any atom is 0.416 e. The number of para-hydroxylation sites is 1. The van der Waals surface area contributed by atoms with Crippen LogP contribution in [0.25, 0.3) is 10.9 Å². The number of nitrogens with one attached hydrogen (secondary N) is 1. The summed E-state index contributed by atoms with van der Waals surface area (Å²) in [6, 6.07) is 13.4. The van der Waals surface area contributed by atoms with Crippen LogP contribution in [-0.2, 0) is 17.5 Å². The Hall–Kier alpha value is -3.16. The topological polar surface area (TPSA) is 58.1 Å². The summed E-state index contributed by atoms with van der Waals surface area (Å²) >= 11 is 0. The molecule has 3 aromatic rings. The summed E-state index contributed by atoms with van der Waals surface area (Å²) in [5, 5.41) is 3.74. The Morgan fingerprint density at radius 3 is 2.55 bits per heavy atom. The van der Waals surface area contributed by atoms with E-state index in [1.165, 1.54) is 6.07 Å². The second-order valence-electron chi connectivity index (χ2n) is 8.85. The normalized spacial score (nSPS) is 16.1. The molecule has 33 heavy (non-hydrogen) atoms. The molecule has 8 heteroatoms. The fourth-order valence-electron chi connectivity index (χ4n) is 4.04. The highest BCUT2D eigenvalue weighted by Gasteiger charge is 2.34. The lowest BCUT2D eigenvalue weighted by atomic mass is 10.1. The summed E-state index contributed by atoms with van der Waals surface area (Å²) < 4.78 is 38.7. The number of rotatable bonds is 8. The Morgan fingerprint density at radius 1 is 1.03 bits per heavy atom. The van der Waals surface area contributed by atoms with Crippen molar-refractivity contribution in [2.75, 3.05) is 11.4 Å². The molecule has 0 aliphatic heterocycles. The molecule has 5 rings (SSSR count). The zero-order valence-electron chi connectivity index (χ0n) is 18.1. The molecule has 0 atom stereocenters. The first kappa shape index (κ1) is 21.7. The van der Waals surface area contributed by atoms with Crippen molar-refractivity contribution in [2.45, 2.75) is 56.8 Å². The molecule has 2 saturated carbocycles. The highest BCUT2D eigenvalue weighted by molar-refractivity contribution is 5.90. The minimum absolute atomic E-state index is 0.0639. The molecule has 1 N–H and O–H groups in total. The van der Waals surface area contributed by atoms with Crippen LogP contribution in [0.3, 0.4) is 0 Å². The van der Waals surface area contributed by atoms with Crippen LogP contribution in [0.5, 0.6) is 0 Å². The van der Waals surface area contributed by atoms with Crippen LogP contribution in [0.2, 0.25) is 0 Å². The molecule has 2 aliphatic rings. The Kier molecular flexibility index (Phi) is 5.68. The number of nitrogens with zero attached hydrogens (tertiary/aromatic N) is 3. The standard InChI is InChI=1S/C25H25F3N4O/c26-25(27,28)18-5-3-4-16(14-18)15-29-22(33)12-13-32(19-10-11-19)24-20-6-1-2-7-21(20)30-23(31-24)17-8-9-17/h1-7,14,17,19H,8-13,15H2,(H,29,33). The molecule has 1 amide bonds. The molecule has 2 fully saturated rings. The number of alkyl halides is 3. The van der Waals surface area contributed by atoms with E-state index in [1.54, 1.807) is 6.07 Å². The van der Waals surface area contributed by atoms with Gasteiger partial charge in [0, 0.05) is 36.9 Å². The first-order chi connectivity index (χ1) is 15.9. The highest BCUT2D eigenvalue weighted by atomic mass is 19.4. The minimum Gasteiger partial charge on any atom is -0.352 e. The van der Waals surface area contributed by atoms with Crippen LogP contribution in [0.4, 0.5) is 19.0 Å². The van der Waals surface area contributed by atoms with E-state index in [4.69, 9.17) is 9.97 Å². The van der Waals surface area contributed by atoms with Crippen molar-refractivity contribution in [3.05, 3.63) is 65.5 Å². The van der Waals surface area contributed by atoms with Gasteiger partial charge in [-0.05, 0) is 55.5 Å². The smallest absolute Gasteiger partial charge is 0.352 e. The van der Waals surface area contributed by atoms with Crippen molar-refractivity contribution in [2.24, 2.45) is 0 Å². The van der Waals surface area contributed by atoms with E-state index >= 15 is 0 Å². The van der Waals surface area contributed by atoms with E-state index in [0.717, 1.165) is 60.4 Å². The van der Waals surface area contributed by atoms with Crippen LogP contribution >= 0.6 is 0 Å². The average molecular weight is 454 g/mol. The molecule has 1 heterocycles. The van der Waals surface area contributed by atoms with Crippen LogP contribution in [0.15, 0.2) is 48.5 Å². The molecule has 0 radical (unpaired) electrons. The first-order valence-electron chi connectivity index (χ1n) is 11.3. The number of benzene rings is 2. The van der Waals surface area contributed by atoms with Crippen LogP contribution < -0.4 is 10.2 Å². The fraction of sp³-hybridized carbons (Fsp3) is 0.400. The first-order valence-corrected chi connectivity index (χ1v) is 11.3. The van der Waals surface area contributed by atoms with Gasteiger partial charge in [0.2, 0.25) is 5.91 Å². The molecule has 0 spiro atoms. The molecule has 5 nitrogen and oxygen atoms in total. The summed E-state index contributed by atoms with van der Waals surface area (Å²) in [6.45, 7) is 0.568. The fourth-order valence-corrected chi connectivity index (χ4v) is 4.04. The second kappa shape index (κ2) is 8.65. The van der Waals surface area contributed by atoms with Crippen molar-refractivity contribution in [3.8, 4) is 0 Å². The van der Waals surface area contributed by atoms with Gasteiger partial charge in [-0.3, -0.25) is 4.79 Å². The number of carbonyl (C=O) groups excluding carboxylic acids is 1. The molecule has 1 aromatic heterocycles. The summed E-state index contributed by atoms with van der Waals surface area (Å²) in [6.07, 6.45) is 0.182. The quantitative estimate of drug-likeness (QED) is 0.508. The third-order valence-corrected chi connectivity index (χ3v) is 6.13. The van der Waals surface area contributed by atoms with Crippen molar-refractivity contribution >= 4 is 22.6 Å². The number of halogens is 3. The largest absolute Gasteiger partial charge is 0.416 e. The molecule has 172 valence electrons. The number of carbonyl (C=O) groups is 1. The lowest BCUT2D eigenvalue weighted by Gasteiger charge is -2.25. The van der Waals surface area contributed by atoms with E-state index in [0.29, 0.717) is 24.1 Å². The van der Waals surface area contributed by atoms with E-state index in [1.807, 2.05) is 24.3 Å². The molecule has 0 saturated heterocycles. The summed E-state index contributed by atoms with van der Waals surface area (Å²) in [4.78, 5) is 24.4. The van der Waals surface area contributed by atoms with Crippen molar-refractivity contribution in [1.29, 1.82) is 0 Å². The molecular formula is C25H25F3N4O. The zero-order chi connectivity index (χ0) is 23.0. The van der Waals surface area contributed by atoms with Crippen molar-refractivity contribution in [3.63, 3.8) is 0 Å². The summed E-state index contributed by atoms with van der Waals surface area (Å²) in [5.74, 6) is 1.99. The Balaban J connectivity index is 1.27. The van der Waals surface area contributed by atoms with E-state index in [-0.39, 0.29) is 18.9 Å². The number of amides is 1. The van der Waals surface area contributed by atoms with Gasteiger partial charge in [0.25, 0.3) is 0 Å². The van der Waals surface area contributed by atoms with Gasteiger partial charge in [0.1, 0.15) is 11.6 Å². The SMILES string of the molecule is O=C(CCN(c1nc(C2CC2)nc2ccccc12)C1CC1)NCc1cccc(C(F)(F)F)c1. The summed E-state index contributed by atoms with van der Waals surface area (Å²) in [5.41, 5.74) is 0.633. The lowest BCUT2D eigenvalue weighted by Crippen LogP contribution is -2.33. The Bertz CT molecular complexity index is 1170. The van der Waals surface area contributed by atoms with Crippen molar-refractivity contribution in [1.82, 2.24) is 15.3 Å². The Labute approximate surface area is 190 Å². The zero-order valence-corrected chi connectivity index (χ0v) is 18.1. The van der Waals surface area contributed by atoms with Crippen LogP contribution in [-0.4, -0.2) is 28.5 Å². The predicted molar refractivity (Wildman–Crippen MR) is 120 cm³/mol. The number of hydrogen-bond acceptors (Lipinski definition) is 4. The predicted octanol–water partition coefficient (Wildman–Crippen LogP) is 5.20. The number of fused-ring (bicyclic) bond motifs is 1. The second-order valence-corrected chi connectivity index (χ2v) is 8.85. The van der Waals surface area contributed by atoms with E-state index in [9.17, 15) is 18.0 Å². The number of anilines is 1. The van der Waals surface area contributed by atoms with Crippen molar-refractivity contribution < 1.29 is 18.0 Å². The van der Waals surface area contributed by atoms with Gasteiger partial charge in [-0.25, -0.2) is 9.97 Å². The highest BCUT2D eigenvalue weighted by Crippen LogP contribution is 2.41. The molecule has 0 bridgehead atoms. The van der Waals surface area contributed by atoms with Crippen LogP contribution in [0.1, 0.15) is 55.0 Å². The van der Waals surface area contributed by atoms with Gasteiger partial charge >= 0.3 is 6.18 Å². The summed E-state index contributed by atoms with van der Waals surface area (Å²) in [7, 11) is 0. The molecule has 2 aliphatic carbocycles. The monoisotopic (exact) mass is 454 g/mol.